The van der Waals surface area contributed by atoms with E-state index in [9.17, 15) is 18.1 Å². The van der Waals surface area contributed by atoms with Gasteiger partial charge in [-0.05, 0) is 56.0 Å². The Kier molecular flexibility index (Phi) is 5.48. The molecule has 2 aliphatic heterocycles. The van der Waals surface area contributed by atoms with E-state index in [2.05, 4.69) is 32.4 Å². The van der Waals surface area contributed by atoms with Crippen molar-refractivity contribution in [1.29, 1.82) is 0 Å². The van der Waals surface area contributed by atoms with Crippen molar-refractivity contribution >= 4 is 17.5 Å². The van der Waals surface area contributed by atoms with Crippen molar-refractivity contribution in [2.75, 3.05) is 29.9 Å². The molecule has 0 radical (unpaired) electrons. The number of rotatable bonds is 5. The molecule has 160 valence electrons. The standard InChI is InChI=1S/C20H23F3N6O/c1-13-3-2-7-29(13)19-10-15(14-5-8-28(12-14)27-30)9-18(26-19)25-17-11-16(4-6-24-17)20(21,22)23/h4,6,9-11,13-14H,2-3,5,7-8,12H2,1H3,(H,24,25,26). The Hall–Kier alpha value is -2.91. The second-order valence-electron chi connectivity index (χ2n) is 7.86. The van der Waals surface area contributed by atoms with E-state index in [4.69, 9.17) is 0 Å². The molecule has 4 heterocycles. The van der Waals surface area contributed by atoms with E-state index >= 15 is 0 Å². The number of aromatic nitrogens is 2. The maximum absolute atomic E-state index is 13.0. The van der Waals surface area contributed by atoms with Crippen LogP contribution >= 0.6 is 0 Å². The third-order valence-corrected chi connectivity index (χ3v) is 5.78. The van der Waals surface area contributed by atoms with Crippen molar-refractivity contribution in [1.82, 2.24) is 15.0 Å². The highest BCUT2D eigenvalue weighted by atomic mass is 19.4. The lowest BCUT2D eigenvalue weighted by molar-refractivity contribution is -0.137. The Bertz CT molecular complexity index is 922. The molecule has 0 aromatic carbocycles. The first-order valence-electron chi connectivity index (χ1n) is 10.0. The minimum absolute atomic E-state index is 0.0810. The first-order chi connectivity index (χ1) is 14.3. The smallest absolute Gasteiger partial charge is 0.354 e. The zero-order valence-corrected chi connectivity index (χ0v) is 16.6. The Morgan fingerprint density at radius 2 is 2.00 bits per heavy atom. The number of nitrogens with zero attached hydrogens (tertiary/aromatic N) is 5. The molecule has 10 heteroatoms. The number of pyridine rings is 2. The molecule has 2 aliphatic rings. The van der Waals surface area contributed by atoms with Gasteiger partial charge in [0, 0.05) is 37.8 Å². The average Bonchev–Trinajstić information content (AvgIpc) is 3.36. The van der Waals surface area contributed by atoms with Gasteiger partial charge in [-0.15, -0.1) is 4.91 Å². The van der Waals surface area contributed by atoms with E-state index in [-0.39, 0.29) is 11.7 Å². The molecular weight excluding hydrogens is 397 g/mol. The van der Waals surface area contributed by atoms with E-state index in [1.807, 2.05) is 12.1 Å². The monoisotopic (exact) mass is 420 g/mol. The first-order valence-corrected chi connectivity index (χ1v) is 10.0. The molecule has 0 aliphatic carbocycles. The summed E-state index contributed by atoms with van der Waals surface area (Å²) >= 11 is 0. The fourth-order valence-electron chi connectivity index (χ4n) is 4.15. The van der Waals surface area contributed by atoms with Crippen LogP contribution in [-0.2, 0) is 6.18 Å². The maximum Gasteiger partial charge on any atom is 0.416 e. The Balaban J connectivity index is 1.66. The van der Waals surface area contributed by atoms with E-state index in [1.54, 1.807) is 0 Å². The van der Waals surface area contributed by atoms with Crippen LogP contribution < -0.4 is 10.2 Å². The predicted molar refractivity (Wildman–Crippen MR) is 108 cm³/mol. The van der Waals surface area contributed by atoms with Gasteiger partial charge in [0.25, 0.3) is 0 Å². The number of anilines is 3. The van der Waals surface area contributed by atoms with Crippen molar-refractivity contribution in [3.8, 4) is 0 Å². The van der Waals surface area contributed by atoms with E-state index in [1.165, 1.54) is 5.01 Å². The highest BCUT2D eigenvalue weighted by Crippen LogP contribution is 2.34. The largest absolute Gasteiger partial charge is 0.416 e. The van der Waals surface area contributed by atoms with Crippen LogP contribution in [0.2, 0.25) is 0 Å². The van der Waals surface area contributed by atoms with E-state index < -0.39 is 11.7 Å². The molecule has 2 aromatic rings. The van der Waals surface area contributed by atoms with Crippen molar-refractivity contribution in [3.63, 3.8) is 0 Å². The summed E-state index contributed by atoms with van der Waals surface area (Å²) in [5.74, 6) is 1.41. The van der Waals surface area contributed by atoms with Gasteiger partial charge in [-0.2, -0.15) is 13.2 Å². The van der Waals surface area contributed by atoms with Crippen LogP contribution in [0.4, 0.5) is 30.6 Å². The molecular formula is C20H23F3N6O. The van der Waals surface area contributed by atoms with Crippen LogP contribution in [0.1, 0.15) is 43.2 Å². The van der Waals surface area contributed by atoms with Crippen LogP contribution in [0.5, 0.6) is 0 Å². The van der Waals surface area contributed by atoms with Gasteiger partial charge in [0.15, 0.2) is 0 Å². The van der Waals surface area contributed by atoms with Crippen LogP contribution in [0.15, 0.2) is 35.7 Å². The molecule has 2 unspecified atom stereocenters. The molecule has 7 nitrogen and oxygen atoms in total. The van der Waals surface area contributed by atoms with Gasteiger partial charge < -0.3 is 10.2 Å². The maximum atomic E-state index is 13.0. The van der Waals surface area contributed by atoms with Gasteiger partial charge in [0.2, 0.25) is 0 Å². The lowest BCUT2D eigenvalue weighted by atomic mass is 9.99. The zero-order valence-electron chi connectivity index (χ0n) is 16.6. The van der Waals surface area contributed by atoms with E-state index in [0.29, 0.717) is 24.9 Å². The second-order valence-corrected chi connectivity index (χ2v) is 7.86. The molecule has 0 spiro atoms. The first kappa shape index (κ1) is 20.4. The second kappa shape index (κ2) is 8.08. The summed E-state index contributed by atoms with van der Waals surface area (Å²) in [5, 5.41) is 7.45. The molecule has 2 atom stereocenters. The van der Waals surface area contributed by atoms with Crippen molar-refractivity contribution in [2.45, 2.75) is 44.3 Å². The van der Waals surface area contributed by atoms with Crippen LogP contribution in [0.3, 0.4) is 0 Å². The Morgan fingerprint density at radius 1 is 1.17 bits per heavy atom. The lowest BCUT2D eigenvalue weighted by Crippen LogP contribution is -2.27. The highest BCUT2D eigenvalue weighted by molar-refractivity contribution is 5.59. The minimum atomic E-state index is -4.44. The van der Waals surface area contributed by atoms with Crippen LogP contribution in [-0.4, -0.2) is 40.7 Å². The molecule has 1 N–H and O–H groups in total. The van der Waals surface area contributed by atoms with Crippen molar-refractivity contribution in [2.24, 2.45) is 5.29 Å². The average molecular weight is 420 g/mol. The molecule has 2 saturated heterocycles. The minimum Gasteiger partial charge on any atom is -0.354 e. The molecule has 30 heavy (non-hydrogen) atoms. The number of halogens is 3. The zero-order chi connectivity index (χ0) is 21.3. The lowest BCUT2D eigenvalue weighted by Gasteiger charge is -2.25. The topological polar surface area (TPSA) is 73.7 Å². The quantitative estimate of drug-likeness (QED) is 0.707. The number of nitrogens with one attached hydrogen (secondary N) is 1. The number of hydrogen-bond acceptors (Lipinski definition) is 6. The van der Waals surface area contributed by atoms with E-state index in [0.717, 1.165) is 55.5 Å². The molecule has 0 amide bonds. The predicted octanol–water partition coefficient (Wildman–Crippen LogP) is 4.70. The van der Waals surface area contributed by atoms with Crippen molar-refractivity contribution < 1.29 is 13.2 Å². The van der Waals surface area contributed by atoms with Gasteiger partial charge in [0.1, 0.15) is 17.5 Å². The van der Waals surface area contributed by atoms with Gasteiger partial charge in [-0.25, -0.2) is 9.97 Å². The van der Waals surface area contributed by atoms with Crippen LogP contribution in [0.25, 0.3) is 0 Å². The molecule has 4 rings (SSSR count). The summed E-state index contributed by atoms with van der Waals surface area (Å²) in [6.45, 7) is 4.12. The summed E-state index contributed by atoms with van der Waals surface area (Å²) in [6.07, 6.45) is -0.400. The molecule has 0 saturated carbocycles. The number of hydrogen-bond donors (Lipinski definition) is 1. The fraction of sp³-hybridized carbons (Fsp3) is 0.500. The highest BCUT2D eigenvalue weighted by Gasteiger charge is 2.31. The Morgan fingerprint density at radius 3 is 2.67 bits per heavy atom. The summed E-state index contributed by atoms with van der Waals surface area (Å²) in [5.41, 5.74) is 0.216. The number of alkyl halides is 3. The van der Waals surface area contributed by atoms with Gasteiger partial charge >= 0.3 is 6.18 Å². The summed E-state index contributed by atoms with van der Waals surface area (Å²) < 4.78 is 39.1. The fourth-order valence-corrected chi connectivity index (χ4v) is 4.15. The van der Waals surface area contributed by atoms with Crippen molar-refractivity contribution in [3.05, 3.63) is 46.5 Å². The Labute approximate surface area is 172 Å². The third-order valence-electron chi connectivity index (χ3n) is 5.78. The molecule has 0 bridgehead atoms. The summed E-state index contributed by atoms with van der Waals surface area (Å²) in [6, 6.07) is 6.09. The van der Waals surface area contributed by atoms with Gasteiger partial charge in [-0.3, -0.25) is 5.01 Å². The molecule has 2 fully saturated rings. The third kappa shape index (κ3) is 4.31. The van der Waals surface area contributed by atoms with Crippen LogP contribution in [0, 0.1) is 4.91 Å². The summed E-state index contributed by atoms with van der Waals surface area (Å²) in [4.78, 5) is 21.7. The van der Waals surface area contributed by atoms with Gasteiger partial charge in [-0.1, -0.05) is 0 Å². The normalized spacial score (nSPS) is 21.9. The van der Waals surface area contributed by atoms with Gasteiger partial charge in [0.05, 0.1) is 10.8 Å². The number of nitroso groups, excluding NO2 is 1. The SMILES string of the molecule is CC1CCCN1c1cc(C2CCN(N=O)C2)cc(Nc2cc(C(F)(F)F)ccn2)n1. The summed E-state index contributed by atoms with van der Waals surface area (Å²) in [7, 11) is 0. The molecule has 2 aromatic heterocycles.